The van der Waals surface area contributed by atoms with Crippen LogP contribution in [0.1, 0.15) is 31.2 Å². The van der Waals surface area contributed by atoms with E-state index in [0.717, 1.165) is 12.4 Å². The molecule has 0 spiro atoms. The zero-order valence-corrected chi connectivity index (χ0v) is 10.7. The number of carbonyl (C=O) groups excluding carboxylic acids is 1. The largest absolute Gasteiger partial charge is 0.504 e. The molecule has 0 aliphatic carbocycles. The van der Waals surface area contributed by atoms with Gasteiger partial charge in [0.2, 0.25) is 5.91 Å². The summed E-state index contributed by atoms with van der Waals surface area (Å²) in [6.07, 6.45) is -1.39. The van der Waals surface area contributed by atoms with Crippen LogP contribution in [0.15, 0.2) is 12.4 Å². The van der Waals surface area contributed by atoms with E-state index in [9.17, 15) is 18.0 Å². The van der Waals surface area contributed by atoms with Gasteiger partial charge in [-0.2, -0.15) is 9.78 Å². The SMILES string of the molecule is CC12CCC(O1)C(c1cnn(C(F)(F)F)c1)C2C(N)=O. The van der Waals surface area contributed by atoms with Crippen LogP contribution in [0.3, 0.4) is 0 Å². The van der Waals surface area contributed by atoms with Gasteiger partial charge in [0, 0.05) is 12.1 Å². The lowest BCUT2D eigenvalue weighted by Crippen LogP contribution is -2.43. The normalized spacial score (nSPS) is 36.5. The number of carbonyl (C=O) groups is 1. The highest BCUT2D eigenvalue weighted by atomic mass is 19.4. The van der Waals surface area contributed by atoms with E-state index < -0.39 is 29.6 Å². The van der Waals surface area contributed by atoms with Crippen molar-refractivity contribution >= 4 is 5.91 Å². The Morgan fingerprint density at radius 2 is 2.30 bits per heavy atom. The number of hydrogen-bond acceptors (Lipinski definition) is 3. The maximum atomic E-state index is 12.6. The van der Waals surface area contributed by atoms with Gasteiger partial charge in [-0.25, -0.2) is 0 Å². The minimum absolute atomic E-state index is 0.0608. The van der Waals surface area contributed by atoms with Gasteiger partial charge in [0.25, 0.3) is 0 Å². The summed E-state index contributed by atoms with van der Waals surface area (Å²) >= 11 is 0. The van der Waals surface area contributed by atoms with Gasteiger partial charge in [0.1, 0.15) is 0 Å². The minimum atomic E-state index is -4.57. The molecule has 5 nitrogen and oxygen atoms in total. The number of nitrogens with zero attached hydrogens (tertiary/aromatic N) is 2. The number of rotatable bonds is 2. The Bertz CT molecular complexity index is 556. The second kappa shape index (κ2) is 3.97. The molecule has 4 unspecified atom stereocenters. The highest BCUT2D eigenvalue weighted by Crippen LogP contribution is 2.55. The summed E-state index contributed by atoms with van der Waals surface area (Å²) in [5.74, 6) is -1.62. The molecule has 2 fully saturated rings. The molecule has 0 radical (unpaired) electrons. The fraction of sp³-hybridized carbons (Fsp3) is 0.667. The van der Waals surface area contributed by atoms with Gasteiger partial charge in [-0.15, -0.1) is 13.2 Å². The molecule has 110 valence electrons. The number of fused-ring (bicyclic) bond motifs is 2. The van der Waals surface area contributed by atoms with Crippen molar-refractivity contribution in [3.8, 4) is 0 Å². The predicted octanol–water partition coefficient (Wildman–Crippen LogP) is 1.50. The third kappa shape index (κ3) is 1.81. The van der Waals surface area contributed by atoms with Crippen LogP contribution >= 0.6 is 0 Å². The van der Waals surface area contributed by atoms with Gasteiger partial charge in [0.15, 0.2) is 0 Å². The monoisotopic (exact) mass is 289 g/mol. The maximum Gasteiger partial charge on any atom is 0.504 e. The summed E-state index contributed by atoms with van der Waals surface area (Å²) in [7, 11) is 0. The van der Waals surface area contributed by atoms with Crippen molar-refractivity contribution in [1.29, 1.82) is 0 Å². The summed E-state index contributed by atoms with van der Waals surface area (Å²) in [6, 6.07) is 0. The molecule has 2 aliphatic heterocycles. The van der Waals surface area contributed by atoms with Gasteiger partial charge in [-0.3, -0.25) is 4.79 Å². The topological polar surface area (TPSA) is 70.1 Å². The van der Waals surface area contributed by atoms with Crippen molar-refractivity contribution < 1.29 is 22.7 Å². The first kappa shape index (κ1) is 13.4. The zero-order chi connectivity index (χ0) is 14.7. The van der Waals surface area contributed by atoms with E-state index in [4.69, 9.17) is 10.5 Å². The maximum absolute atomic E-state index is 12.6. The molecule has 2 bridgehead atoms. The van der Waals surface area contributed by atoms with Crippen LogP contribution in [0.5, 0.6) is 0 Å². The molecular weight excluding hydrogens is 275 g/mol. The van der Waals surface area contributed by atoms with Crippen LogP contribution in [0.25, 0.3) is 0 Å². The molecule has 20 heavy (non-hydrogen) atoms. The van der Waals surface area contributed by atoms with E-state index in [0.29, 0.717) is 18.4 Å². The highest BCUT2D eigenvalue weighted by Gasteiger charge is 2.59. The van der Waals surface area contributed by atoms with Gasteiger partial charge >= 0.3 is 6.30 Å². The number of aromatic nitrogens is 2. The van der Waals surface area contributed by atoms with Crippen LogP contribution in [0, 0.1) is 5.92 Å². The number of ether oxygens (including phenoxy) is 1. The molecule has 8 heteroatoms. The third-order valence-electron chi connectivity index (χ3n) is 4.32. The Hall–Kier alpha value is -1.57. The quantitative estimate of drug-likeness (QED) is 0.897. The van der Waals surface area contributed by atoms with Crippen LogP contribution in [0.4, 0.5) is 13.2 Å². The molecule has 1 aromatic rings. The number of amides is 1. The molecular formula is C12H14F3N3O2. The molecule has 2 aliphatic rings. The van der Waals surface area contributed by atoms with Crippen molar-refractivity contribution in [2.75, 3.05) is 0 Å². The second-order valence-corrected chi connectivity index (χ2v) is 5.60. The summed E-state index contributed by atoms with van der Waals surface area (Å²) in [4.78, 5) is 11.7. The Balaban J connectivity index is 1.97. The summed E-state index contributed by atoms with van der Waals surface area (Å²) < 4.78 is 43.5. The van der Waals surface area contributed by atoms with Crippen molar-refractivity contribution in [3.05, 3.63) is 18.0 Å². The first-order valence-electron chi connectivity index (χ1n) is 6.31. The van der Waals surface area contributed by atoms with Crippen LogP contribution in [-0.2, 0) is 15.8 Å². The van der Waals surface area contributed by atoms with E-state index in [1.54, 1.807) is 6.92 Å². The average molecular weight is 289 g/mol. The molecule has 3 heterocycles. The zero-order valence-electron chi connectivity index (χ0n) is 10.7. The van der Waals surface area contributed by atoms with E-state index in [1.807, 2.05) is 0 Å². The fourth-order valence-corrected chi connectivity index (χ4v) is 3.50. The standard InChI is InChI=1S/C12H14F3N3O2/c1-11-3-2-7(20-11)8(9(11)10(16)19)6-4-17-18(5-6)12(13,14)15/h4-5,7-9H,2-3H2,1H3,(H2,16,19). The molecule has 3 rings (SSSR count). The lowest BCUT2D eigenvalue weighted by molar-refractivity contribution is -0.212. The van der Waals surface area contributed by atoms with Gasteiger partial charge < -0.3 is 10.5 Å². The van der Waals surface area contributed by atoms with Crippen molar-refractivity contribution in [2.24, 2.45) is 11.7 Å². The summed E-state index contributed by atoms with van der Waals surface area (Å²) in [5.41, 5.74) is 5.09. The summed E-state index contributed by atoms with van der Waals surface area (Å²) in [6.45, 7) is 1.79. The molecule has 2 N–H and O–H groups in total. The number of hydrogen-bond donors (Lipinski definition) is 1. The van der Waals surface area contributed by atoms with E-state index in [1.165, 1.54) is 0 Å². The van der Waals surface area contributed by atoms with Gasteiger partial charge in [-0.05, 0) is 25.3 Å². The highest BCUT2D eigenvalue weighted by molar-refractivity contribution is 5.80. The Labute approximate surface area is 112 Å². The van der Waals surface area contributed by atoms with Crippen LogP contribution in [-0.4, -0.2) is 27.4 Å². The Kier molecular flexibility index (Phi) is 2.66. The lowest BCUT2D eigenvalue weighted by Gasteiger charge is -2.30. The van der Waals surface area contributed by atoms with Crippen molar-refractivity contribution in [1.82, 2.24) is 9.78 Å². The predicted molar refractivity (Wildman–Crippen MR) is 61.5 cm³/mol. The van der Waals surface area contributed by atoms with E-state index >= 15 is 0 Å². The molecule has 4 atom stereocenters. The molecule has 1 amide bonds. The fourth-order valence-electron chi connectivity index (χ4n) is 3.50. The second-order valence-electron chi connectivity index (χ2n) is 5.60. The minimum Gasteiger partial charge on any atom is -0.371 e. The third-order valence-corrected chi connectivity index (χ3v) is 4.32. The molecule has 2 saturated heterocycles. The van der Waals surface area contributed by atoms with Crippen molar-refractivity contribution in [2.45, 2.75) is 43.7 Å². The lowest BCUT2D eigenvalue weighted by atomic mass is 9.70. The molecule has 0 aromatic carbocycles. The van der Waals surface area contributed by atoms with E-state index in [2.05, 4.69) is 5.10 Å². The Morgan fingerprint density at radius 3 is 2.85 bits per heavy atom. The first-order chi connectivity index (χ1) is 9.22. The number of nitrogens with two attached hydrogens (primary N) is 1. The number of primary amides is 1. The van der Waals surface area contributed by atoms with Gasteiger partial charge in [-0.1, -0.05) is 0 Å². The Morgan fingerprint density at radius 1 is 1.60 bits per heavy atom. The smallest absolute Gasteiger partial charge is 0.371 e. The number of halogens is 3. The van der Waals surface area contributed by atoms with Crippen molar-refractivity contribution in [3.63, 3.8) is 0 Å². The van der Waals surface area contributed by atoms with E-state index in [-0.39, 0.29) is 10.8 Å². The average Bonchev–Trinajstić information content (AvgIpc) is 2.95. The van der Waals surface area contributed by atoms with Crippen LogP contribution in [0.2, 0.25) is 0 Å². The summed E-state index contributed by atoms with van der Waals surface area (Å²) in [5, 5.41) is 3.32. The molecule has 0 saturated carbocycles. The van der Waals surface area contributed by atoms with Gasteiger partial charge in [0.05, 0.1) is 23.8 Å². The van der Waals surface area contributed by atoms with Crippen LogP contribution < -0.4 is 5.73 Å². The first-order valence-corrected chi connectivity index (χ1v) is 6.31. The number of alkyl halides is 3. The molecule has 1 aromatic heterocycles.